The Morgan fingerprint density at radius 2 is 2.23 bits per heavy atom. The van der Waals surface area contributed by atoms with E-state index in [9.17, 15) is 8.42 Å². The zero-order valence-electron chi connectivity index (χ0n) is 7.20. The third-order valence-corrected chi connectivity index (χ3v) is 2.92. The van der Waals surface area contributed by atoms with Crippen LogP contribution in [0, 0.1) is 6.92 Å². The second kappa shape index (κ2) is 4.07. The molecule has 0 saturated heterocycles. The van der Waals surface area contributed by atoms with Crippen molar-refractivity contribution in [2.75, 3.05) is 5.75 Å². The van der Waals surface area contributed by atoms with E-state index in [1.807, 2.05) is 13.0 Å². The molecular formula is C8H10ClNO2S. The van der Waals surface area contributed by atoms with Gasteiger partial charge in [-0.25, -0.2) is 8.42 Å². The Kier molecular flexibility index (Phi) is 3.27. The van der Waals surface area contributed by atoms with Crippen LogP contribution in [0.4, 0.5) is 0 Å². The van der Waals surface area contributed by atoms with Gasteiger partial charge in [0.1, 0.15) is 0 Å². The standard InChI is InChI=1S/C8H10ClNO2S/c1-7-2-4-10-6-8(7)3-5-13(9,11)12/h2,4,6H,3,5H2,1H3. The number of hydrogen-bond acceptors (Lipinski definition) is 3. The van der Waals surface area contributed by atoms with Crippen LogP contribution in [0.15, 0.2) is 18.5 Å². The number of hydrogen-bond donors (Lipinski definition) is 0. The molecule has 0 amide bonds. The number of pyridine rings is 1. The van der Waals surface area contributed by atoms with E-state index in [2.05, 4.69) is 4.98 Å². The van der Waals surface area contributed by atoms with Gasteiger partial charge in [-0.15, -0.1) is 0 Å². The largest absolute Gasteiger partial charge is 0.264 e. The number of halogens is 1. The molecule has 5 heteroatoms. The Labute approximate surface area is 82.2 Å². The SMILES string of the molecule is Cc1ccncc1CCS(=O)(=O)Cl. The van der Waals surface area contributed by atoms with Crippen molar-refractivity contribution < 1.29 is 8.42 Å². The van der Waals surface area contributed by atoms with Crippen molar-refractivity contribution in [2.24, 2.45) is 0 Å². The van der Waals surface area contributed by atoms with Crippen LogP contribution in [0.2, 0.25) is 0 Å². The summed E-state index contributed by atoms with van der Waals surface area (Å²) in [6.45, 7) is 1.91. The topological polar surface area (TPSA) is 47.0 Å². The minimum absolute atomic E-state index is 0.0406. The Morgan fingerprint density at radius 1 is 1.54 bits per heavy atom. The Balaban J connectivity index is 2.71. The van der Waals surface area contributed by atoms with E-state index in [1.54, 1.807) is 12.4 Å². The highest BCUT2D eigenvalue weighted by Crippen LogP contribution is 2.08. The third kappa shape index (κ3) is 3.74. The number of rotatable bonds is 3. The molecule has 0 N–H and O–H groups in total. The Bertz CT molecular complexity index is 389. The molecule has 1 aromatic heterocycles. The summed E-state index contributed by atoms with van der Waals surface area (Å²) < 4.78 is 21.3. The lowest BCUT2D eigenvalue weighted by Crippen LogP contribution is -2.02. The molecule has 0 unspecified atom stereocenters. The average Bonchev–Trinajstić information content (AvgIpc) is 2.01. The molecule has 0 aromatic carbocycles. The van der Waals surface area contributed by atoms with Crippen LogP contribution in [-0.2, 0) is 15.5 Å². The van der Waals surface area contributed by atoms with Gasteiger partial charge >= 0.3 is 0 Å². The van der Waals surface area contributed by atoms with E-state index in [0.29, 0.717) is 6.42 Å². The molecule has 72 valence electrons. The van der Waals surface area contributed by atoms with Gasteiger partial charge < -0.3 is 0 Å². The first-order valence-electron chi connectivity index (χ1n) is 3.81. The first-order valence-corrected chi connectivity index (χ1v) is 6.29. The van der Waals surface area contributed by atoms with E-state index in [1.165, 1.54) is 0 Å². The summed E-state index contributed by atoms with van der Waals surface area (Å²) in [6, 6.07) is 1.84. The normalized spacial score (nSPS) is 11.5. The molecule has 0 fully saturated rings. The molecule has 0 bridgehead atoms. The number of aromatic nitrogens is 1. The fourth-order valence-electron chi connectivity index (χ4n) is 0.990. The summed E-state index contributed by atoms with van der Waals surface area (Å²) in [6.07, 6.45) is 3.76. The van der Waals surface area contributed by atoms with Gasteiger partial charge in [0.05, 0.1) is 5.75 Å². The predicted molar refractivity (Wildman–Crippen MR) is 52.3 cm³/mol. The van der Waals surface area contributed by atoms with Crippen LogP contribution in [-0.4, -0.2) is 19.2 Å². The summed E-state index contributed by atoms with van der Waals surface area (Å²) in [5.41, 5.74) is 1.96. The van der Waals surface area contributed by atoms with Crippen LogP contribution in [0.5, 0.6) is 0 Å². The first-order chi connectivity index (χ1) is 5.99. The van der Waals surface area contributed by atoms with Gasteiger partial charge in [0.2, 0.25) is 9.05 Å². The number of nitrogens with zero attached hydrogens (tertiary/aromatic N) is 1. The Morgan fingerprint density at radius 3 is 2.77 bits per heavy atom. The lowest BCUT2D eigenvalue weighted by molar-refractivity contribution is 0.609. The van der Waals surface area contributed by atoms with Gasteiger partial charge in [-0.3, -0.25) is 4.98 Å². The van der Waals surface area contributed by atoms with Crippen molar-refractivity contribution >= 4 is 19.7 Å². The molecule has 0 spiro atoms. The van der Waals surface area contributed by atoms with Gasteiger partial charge in [0.15, 0.2) is 0 Å². The van der Waals surface area contributed by atoms with Crippen LogP contribution in [0.25, 0.3) is 0 Å². The van der Waals surface area contributed by atoms with Gasteiger partial charge in [0, 0.05) is 23.1 Å². The van der Waals surface area contributed by atoms with Gasteiger partial charge in [-0.1, -0.05) is 0 Å². The minimum atomic E-state index is -3.39. The average molecular weight is 220 g/mol. The first kappa shape index (κ1) is 10.5. The molecule has 1 rings (SSSR count). The quantitative estimate of drug-likeness (QED) is 0.724. The smallest absolute Gasteiger partial charge is 0.232 e. The van der Waals surface area contributed by atoms with E-state index in [4.69, 9.17) is 10.7 Å². The highest BCUT2D eigenvalue weighted by molar-refractivity contribution is 8.13. The van der Waals surface area contributed by atoms with Crippen LogP contribution in [0.3, 0.4) is 0 Å². The molecule has 0 aliphatic rings. The molecule has 3 nitrogen and oxygen atoms in total. The summed E-state index contributed by atoms with van der Waals surface area (Å²) >= 11 is 0. The van der Waals surface area contributed by atoms with Crippen molar-refractivity contribution in [1.82, 2.24) is 4.98 Å². The lowest BCUT2D eigenvalue weighted by atomic mass is 10.1. The summed E-state index contributed by atoms with van der Waals surface area (Å²) in [4.78, 5) is 3.91. The third-order valence-electron chi connectivity index (χ3n) is 1.76. The zero-order valence-corrected chi connectivity index (χ0v) is 8.77. The van der Waals surface area contributed by atoms with E-state index >= 15 is 0 Å². The summed E-state index contributed by atoms with van der Waals surface area (Å²) in [7, 11) is 1.69. The van der Waals surface area contributed by atoms with Gasteiger partial charge in [0.25, 0.3) is 0 Å². The van der Waals surface area contributed by atoms with Crippen LogP contribution < -0.4 is 0 Å². The van der Waals surface area contributed by atoms with Crippen LogP contribution in [0.1, 0.15) is 11.1 Å². The molecule has 13 heavy (non-hydrogen) atoms. The van der Waals surface area contributed by atoms with E-state index in [-0.39, 0.29) is 5.75 Å². The van der Waals surface area contributed by atoms with Crippen molar-refractivity contribution in [3.8, 4) is 0 Å². The van der Waals surface area contributed by atoms with Crippen molar-refractivity contribution in [3.05, 3.63) is 29.6 Å². The molecule has 0 saturated carbocycles. The molecular weight excluding hydrogens is 210 g/mol. The van der Waals surface area contributed by atoms with E-state index in [0.717, 1.165) is 11.1 Å². The fourth-order valence-corrected chi connectivity index (χ4v) is 1.69. The minimum Gasteiger partial charge on any atom is -0.264 e. The molecule has 1 aromatic rings. The molecule has 0 radical (unpaired) electrons. The second-order valence-corrected chi connectivity index (χ2v) is 5.69. The molecule has 0 aliphatic heterocycles. The van der Waals surface area contributed by atoms with Crippen molar-refractivity contribution in [3.63, 3.8) is 0 Å². The second-order valence-electron chi connectivity index (χ2n) is 2.80. The van der Waals surface area contributed by atoms with Gasteiger partial charge in [-0.05, 0) is 30.5 Å². The van der Waals surface area contributed by atoms with Crippen molar-refractivity contribution in [2.45, 2.75) is 13.3 Å². The maximum atomic E-state index is 10.7. The zero-order chi connectivity index (χ0) is 9.90. The summed E-state index contributed by atoms with van der Waals surface area (Å²) in [5.74, 6) is -0.0406. The lowest BCUT2D eigenvalue weighted by Gasteiger charge is -2.01. The monoisotopic (exact) mass is 219 g/mol. The number of aryl methyl sites for hydroxylation is 2. The maximum absolute atomic E-state index is 10.7. The Hall–Kier alpha value is -0.610. The molecule has 1 heterocycles. The predicted octanol–water partition coefficient (Wildman–Crippen LogP) is 1.50. The molecule has 0 atom stereocenters. The van der Waals surface area contributed by atoms with Crippen molar-refractivity contribution in [1.29, 1.82) is 0 Å². The highest BCUT2D eigenvalue weighted by atomic mass is 35.7. The van der Waals surface area contributed by atoms with Gasteiger partial charge in [-0.2, -0.15) is 0 Å². The fraction of sp³-hybridized carbons (Fsp3) is 0.375. The van der Waals surface area contributed by atoms with Crippen LogP contribution >= 0.6 is 10.7 Å². The van der Waals surface area contributed by atoms with E-state index < -0.39 is 9.05 Å². The summed E-state index contributed by atoms with van der Waals surface area (Å²) in [5, 5.41) is 0. The maximum Gasteiger partial charge on any atom is 0.232 e. The molecule has 0 aliphatic carbocycles. The highest BCUT2D eigenvalue weighted by Gasteiger charge is 2.06.